The van der Waals surface area contributed by atoms with E-state index < -0.39 is 0 Å². The Balaban J connectivity index is -0.000000180. The van der Waals surface area contributed by atoms with Crippen molar-refractivity contribution in [2.45, 2.75) is 6.92 Å². The molecule has 1 amide bonds. The van der Waals surface area contributed by atoms with Crippen molar-refractivity contribution in [3.8, 4) is 0 Å². The van der Waals surface area contributed by atoms with Gasteiger partial charge in [0.2, 0.25) is 5.91 Å². The summed E-state index contributed by atoms with van der Waals surface area (Å²) in [5.41, 5.74) is 0. The standard InChI is InChI=1S/C4H9NOS.2H2S/c1-4(6)5-2-3-7;;/h7H,2-3H2,1H3,(H,5,6);2*1H2. The fraction of sp³-hybridized carbons (Fsp3) is 0.750. The molecule has 0 rings (SSSR count). The Morgan fingerprint density at radius 3 is 2.11 bits per heavy atom. The molecule has 58 valence electrons. The molecule has 2 nitrogen and oxygen atoms in total. The Kier molecular flexibility index (Phi) is 20.5. The molecule has 0 aromatic rings. The average Bonchev–Trinajstić information content (AvgIpc) is 1.61. The van der Waals surface area contributed by atoms with Crippen molar-refractivity contribution in [2.75, 3.05) is 12.3 Å². The van der Waals surface area contributed by atoms with Gasteiger partial charge in [-0.3, -0.25) is 4.79 Å². The van der Waals surface area contributed by atoms with Crippen molar-refractivity contribution >= 4 is 45.5 Å². The highest BCUT2D eigenvalue weighted by molar-refractivity contribution is 7.80. The summed E-state index contributed by atoms with van der Waals surface area (Å²) in [7, 11) is 0. The first-order chi connectivity index (χ1) is 3.27. The molecule has 0 radical (unpaired) electrons. The van der Waals surface area contributed by atoms with Crippen molar-refractivity contribution < 1.29 is 4.79 Å². The number of rotatable bonds is 2. The molecule has 0 aromatic heterocycles. The van der Waals surface area contributed by atoms with Gasteiger partial charge in [-0.05, 0) is 0 Å². The van der Waals surface area contributed by atoms with Crippen LogP contribution in [0.2, 0.25) is 0 Å². The van der Waals surface area contributed by atoms with Crippen LogP contribution in [0, 0.1) is 0 Å². The Morgan fingerprint density at radius 1 is 1.56 bits per heavy atom. The number of amides is 1. The molecule has 9 heavy (non-hydrogen) atoms. The maximum Gasteiger partial charge on any atom is 0.216 e. The van der Waals surface area contributed by atoms with Gasteiger partial charge in [-0.2, -0.15) is 39.6 Å². The van der Waals surface area contributed by atoms with Gasteiger partial charge < -0.3 is 5.32 Å². The Bertz CT molecular complexity index is 68.8. The monoisotopic (exact) mass is 187 g/mol. The quantitative estimate of drug-likeness (QED) is 0.597. The first-order valence-corrected chi connectivity index (χ1v) is 2.76. The predicted octanol–water partition coefficient (Wildman–Crippen LogP) is 0.278. The second-order valence-electron chi connectivity index (χ2n) is 1.21. The smallest absolute Gasteiger partial charge is 0.216 e. The predicted molar refractivity (Wildman–Crippen MR) is 53.3 cm³/mol. The fourth-order valence-corrected chi connectivity index (χ4v) is 0.344. The van der Waals surface area contributed by atoms with E-state index in [4.69, 9.17) is 0 Å². The number of nitrogens with one attached hydrogen (secondary N) is 1. The number of carbonyl (C=O) groups excluding carboxylic acids is 1. The van der Waals surface area contributed by atoms with Crippen LogP contribution in [0.1, 0.15) is 6.92 Å². The summed E-state index contributed by atoms with van der Waals surface area (Å²) >= 11 is 3.88. The lowest BCUT2D eigenvalue weighted by Gasteiger charge is -1.93. The summed E-state index contributed by atoms with van der Waals surface area (Å²) in [5, 5.41) is 2.58. The summed E-state index contributed by atoms with van der Waals surface area (Å²) < 4.78 is 0. The number of hydrogen-bond acceptors (Lipinski definition) is 2. The van der Waals surface area contributed by atoms with Gasteiger partial charge in [-0.1, -0.05) is 0 Å². The van der Waals surface area contributed by atoms with Crippen molar-refractivity contribution in [3.63, 3.8) is 0 Å². The van der Waals surface area contributed by atoms with Gasteiger partial charge in [-0.15, -0.1) is 0 Å². The minimum atomic E-state index is 0. The van der Waals surface area contributed by atoms with Gasteiger partial charge in [0.05, 0.1) is 0 Å². The van der Waals surface area contributed by atoms with Crippen LogP contribution in [-0.4, -0.2) is 18.2 Å². The Labute approximate surface area is 75.1 Å². The number of thiol groups is 1. The molecule has 0 atom stereocenters. The summed E-state index contributed by atoms with van der Waals surface area (Å²) in [6.07, 6.45) is 0. The van der Waals surface area contributed by atoms with Crippen LogP contribution >= 0.6 is 39.6 Å². The van der Waals surface area contributed by atoms with E-state index in [1.807, 2.05) is 0 Å². The van der Waals surface area contributed by atoms with Crippen LogP contribution in [0.15, 0.2) is 0 Å². The van der Waals surface area contributed by atoms with Gasteiger partial charge in [0.1, 0.15) is 0 Å². The lowest BCUT2D eigenvalue weighted by molar-refractivity contribution is -0.118. The molecule has 0 aromatic carbocycles. The molecular weight excluding hydrogens is 174 g/mol. The van der Waals surface area contributed by atoms with Crippen molar-refractivity contribution in [1.29, 1.82) is 0 Å². The van der Waals surface area contributed by atoms with Crippen LogP contribution < -0.4 is 5.32 Å². The molecule has 5 heteroatoms. The maximum atomic E-state index is 10.1. The summed E-state index contributed by atoms with van der Waals surface area (Å²) in [6.45, 7) is 2.15. The van der Waals surface area contributed by atoms with Gasteiger partial charge in [-0.25, -0.2) is 0 Å². The normalized spacial score (nSPS) is 6.44. The minimum Gasteiger partial charge on any atom is -0.356 e. The Morgan fingerprint density at radius 2 is 2.00 bits per heavy atom. The largest absolute Gasteiger partial charge is 0.356 e. The third-order valence-electron chi connectivity index (χ3n) is 0.486. The molecule has 0 unspecified atom stereocenters. The van der Waals surface area contributed by atoms with E-state index in [1.54, 1.807) is 0 Å². The third kappa shape index (κ3) is 17.7. The van der Waals surface area contributed by atoms with Crippen molar-refractivity contribution in [2.24, 2.45) is 0 Å². The molecule has 0 saturated heterocycles. The van der Waals surface area contributed by atoms with E-state index in [0.717, 1.165) is 0 Å². The van der Waals surface area contributed by atoms with E-state index >= 15 is 0 Å². The van der Waals surface area contributed by atoms with Crippen molar-refractivity contribution in [3.05, 3.63) is 0 Å². The summed E-state index contributed by atoms with van der Waals surface area (Å²) in [6, 6.07) is 0. The number of hydrogen-bond donors (Lipinski definition) is 2. The molecule has 0 saturated carbocycles. The van der Waals surface area contributed by atoms with Crippen LogP contribution in [-0.2, 0) is 4.79 Å². The zero-order valence-electron chi connectivity index (χ0n) is 5.27. The van der Waals surface area contributed by atoms with Crippen LogP contribution in [0.5, 0.6) is 0 Å². The van der Waals surface area contributed by atoms with Crippen molar-refractivity contribution in [1.82, 2.24) is 5.32 Å². The van der Waals surface area contributed by atoms with E-state index in [2.05, 4.69) is 17.9 Å². The lowest BCUT2D eigenvalue weighted by atomic mass is 10.6. The van der Waals surface area contributed by atoms with Crippen LogP contribution in [0.4, 0.5) is 0 Å². The lowest BCUT2D eigenvalue weighted by Crippen LogP contribution is -2.21. The van der Waals surface area contributed by atoms with Gasteiger partial charge >= 0.3 is 0 Å². The molecule has 1 N–H and O–H groups in total. The first kappa shape index (κ1) is 16.3. The second kappa shape index (κ2) is 11.3. The Hall–Kier alpha value is 0.520. The SMILES string of the molecule is CC(=O)NCCS.S.S. The highest BCUT2D eigenvalue weighted by Crippen LogP contribution is 1.66. The topological polar surface area (TPSA) is 29.1 Å². The molecule has 0 fully saturated rings. The van der Waals surface area contributed by atoms with Gasteiger partial charge in [0.15, 0.2) is 0 Å². The van der Waals surface area contributed by atoms with E-state index in [1.165, 1.54) is 6.92 Å². The molecular formula is C4H13NOS3. The van der Waals surface area contributed by atoms with Gasteiger partial charge in [0, 0.05) is 19.2 Å². The van der Waals surface area contributed by atoms with Crippen LogP contribution in [0.3, 0.4) is 0 Å². The molecule has 0 spiro atoms. The zero-order valence-corrected chi connectivity index (χ0v) is 8.16. The summed E-state index contributed by atoms with van der Waals surface area (Å²) in [5.74, 6) is 0.716. The molecule has 0 bridgehead atoms. The zero-order chi connectivity index (χ0) is 5.70. The molecule has 0 heterocycles. The second-order valence-corrected chi connectivity index (χ2v) is 1.65. The average molecular weight is 187 g/mol. The fourth-order valence-electron chi connectivity index (χ4n) is 0.232. The highest BCUT2D eigenvalue weighted by Gasteiger charge is 1.83. The molecule has 0 aliphatic heterocycles. The van der Waals surface area contributed by atoms with Crippen LogP contribution in [0.25, 0.3) is 0 Å². The van der Waals surface area contributed by atoms with E-state index in [9.17, 15) is 4.79 Å². The van der Waals surface area contributed by atoms with E-state index in [-0.39, 0.29) is 32.9 Å². The number of carbonyl (C=O) groups is 1. The molecule has 0 aliphatic rings. The third-order valence-corrected chi connectivity index (χ3v) is 0.709. The minimum absolute atomic E-state index is 0. The summed E-state index contributed by atoms with van der Waals surface area (Å²) in [4.78, 5) is 10.1. The highest BCUT2D eigenvalue weighted by atomic mass is 32.1. The maximum absolute atomic E-state index is 10.1. The first-order valence-electron chi connectivity index (χ1n) is 2.12. The molecule has 0 aliphatic carbocycles. The van der Waals surface area contributed by atoms with E-state index in [0.29, 0.717) is 12.3 Å². The van der Waals surface area contributed by atoms with Gasteiger partial charge in [0.25, 0.3) is 0 Å².